The Hall–Kier alpha value is -3.91. The molecule has 3 aliphatic rings. The minimum atomic E-state index is -1.89. The van der Waals surface area contributed by atoms with Crippen LogP contribution in [0, 0.1) is 6.92 Å². The number of nitrogens with zero attached hydrogens (tertiary/aromatic N) is 5. The molecule has 0 radical (unpaired) electrons. The van der Waals surface area contributed by atoms with Crippen molar-refractivity contribution in [2.45, 2.75) is 55.7 Å². The van der Waals surface area contributed by atoms with Crippen LogP contribution in [-0.2, 0) is 15.8 Å². The van der Waals surface area contributed by atoms with E-state index in [0.29, 0.717) is 49.0 Å². The fourth-order valence-electron chi connectivity index (χ4n) is 6.44. The van der Waals surface area contributed by atoms with Gasteiger partial charge in [0.2, 0.25) is 0 Å². The summed E-state index contributed by atoms with van der Waals surface area (Å²) in [6, 6.07) is 11.4. The monoisotopic (exact) mass is 603 g/mol. The molecule has 1 amide bonds. The molecule has 7 rings (SSSR count). The summed E-state index contributed by atoms with van der Waals surface area (Å²) in [5.74, 6) is 1.63. The molecule has 0 aromatic carbocycles. The lowest BCUT2D eigenvalue weighted by molar-refractivity contribution is -0.110. The molecule has 2 unspecified atom stereocenters. The van der Waals surface area contributed by atoms with E-state index in [0.717, 1.165) is 35.2 Å². The Morgan fingerprint density at radius 1 is 1.12 bits per heavy atom. The zero-order valence-electron chi connectivity index (χ0n) is 23.9. The van der Waals surface area contributed by atoms with Crippen LogP contribution in [0.2, 0.25) is 0 Å². The summed E-state index contributed by atoms with van der Waals surface area (Å²) in [6.45, 7) is 3.03. The second-order valence-corrected chi connectivity index (χ2v) is 12.7. The number of amides is 1. The predicted molar refractivity (Wildman–Crippen MR) is 161 cm³/mol. The van der Waals surface area contributed by atoms with Crippen LogP contribution in [0.15, 0.2) is 55.0 Å². The molecule has 4 atom stereocenters. The lowest BCUT2D eigenvalue weighted by Gasteiger charge is -2.51. The Kier molecular flexibility index (Phi) is 7.12. The molecule has 4 aromatic rings. The van der Waals surface area contributed by atoms with Crippen molar-refractivity contribution in [1.29, 1.82) is 0 Å². The Morgan fingerprint density at radius 2 is 1.91 bits per heavy atom. The molecule has 3 fully saturated rings. The van der Waals surface area contributed by atoms with Gasteiger partial charge in [-0.05, 0) is 55.7 Å². The van der Waals surface area contributed by atoms with Gasteiger partial charge in [-0.1, -0.05) is 0 Å². The normalized spacial score (nSPS) is 23.5. The average Bonchev–Trinajstić information content (AvgIpc) is 3.71. The van der Waals surface area contributed by atoms with Crippen LogP contribution in [0.4, 0.5) is 11.6 Å². The van der Waals surface area contributed by atoms with Gasteiger partial charge in [-0.3, -0.25) is 14.7 Å². The summed E-state index contributed by atoms with van der Waals surface area (Å²) in [7, 11) is 1.59. The SMILES string of the molecule is CNC(=O)c1ccnc(Nc2cc3cc(-c4cc(C)ncc4OC4C[C@H]5COC[C@@H](C4)N5C4(S(=O)O)CC4)ccn3n2)c1. The third-order valence-corrected chi connectivity index (χ3v) is 9.80. The molecule has 0 spiro atoms. The van der Waals surface area contributed by atoms with E-state index in [4.69, 9.17) is 9.47 Å². The molecule has 1 aliphatic carbocycles. The van der Waals surface area contributed by atoms with Crippen LogP contribution in [0.5, 0.6) is 5.75 Å². The first-order valence-corrected chi connectivity index (χ1v) is 15.5. The summed E-state index contributed by atoms with van der Waals surface area (Å²) in [5.41, 5.74) is 4.15. The lowest BCUT2D eigenvalue weighted by Crippen LogP contribution is -2.64. The maximum Gasteiger partial charge on any atom is 0.251 e. The molecule has 2 bridgehead atoms. The number of fused-ring (bicyclic) bond motifs is 3. The van der Waals surface area contributed by atoms with Crippen molar-refractivity contribution in [1.82, 2.24) is 29.8 Å². The van der Waals surface area contributed by atoms with Gasteiger partial charge in [-0.15, -0.1) is 0 Å². The van der Waals surface area contributed by atoms with Crippen LogP contribution in [-0.4, -0.2) is 82.5 Å². The number of carbonyl (C=O) groups excluding carboxylic acids is 1. The first-order valence-electron chi connectivity index (χ1n) is 14.4. The number of pyridine rings is 3. The number of anilines is 2. The maximum atomic E-state index is 12.2. The third kappa shape index (κ3) is 5.26. The summed E-state index contributed by atoms with van der Waals surface area (Å²) in [6.07, 6.45) is 8.12. The van der Waals surface area contributed by atoms with E-state index < -0.39 is 16.0 Å². The van der Waals surface area contributed by atoms with Crippen molar-refractivity contribution in [3.63, 3.8) is 0 Å². The molecule has 6 heterocycles. The van der Waals surface area contributed by atoms with Crippen LogP contribution >= 0.6 is 0 Å². The Labute approximate surface area is 251 Å². The van der Waals surface area contributed by atoms with Gasteiger partial charge in [-0.25, -0.2) is 13.7 Å². The molecule has 12 nitrogen and oxygen atoms in total. The van der Waals surface area contributed by atoms with E-state index in [1.807, 2.05) is 37.4 Å². The summed E-state index contributed by atoms with van der Waals surface area (Å²) in [4.78, 5) is 22.5. The van der Waals surface area contributed by atoms with Crippen LogP contribution in [0.1, 0.15) is 41.7 Å². The van der Waals surface area contributed by atoms with E-state index in [1.54, 1.807) is 36.1 Å². The highest BCUT2D eigenvalue weighted by Crippen LogP contribution is 2.50. The van der Waals surface area contributed by atoms with Crippen molar-refractivity contribution in [3.05, 3.63) is 66.2 Å². The van der Waals surface area contributed by atoms with E-state index >= 15 is 0 Å². The van der Waals surface area contributed by atoms with Crippen molar-refractivity contribution in [2.24, 2.45) is 0 Å². The number of morpholine rings is 1. The first kappa shape index (κ1) is 27.9. The standard InChI is InChI=1S/C30H33N7O5S/c1-18-9-25(19-4-8-36-21(10-19)14-28(35-36)34-27-11-20(3-7-32-27)29(38)31-2)26(15-33-18)42-24-12-22-16-41-17-23(13-24)37(22)30(5-6-30)43(39)40/h3-4,7-11,14-15,22-24H,5-6,12-13,16-17H2,1-2H3,(H,31,38)(H,39,40)(H,32,34,35)/t22-,23+,24?. The highest BCUT2D eigenvalue weighted by atomic mass is 32.2. The zero-order chi connectivity index (χ0) is 29.7. The molecule has 3 N–H and O–H groups in total. The molecular weight excluding hydrogens is 570 g/mol. The fourth-order valence-corrected chi connectivity index (χ4v) is 7.37. The highest BCUT2D eigenvalue weighted by molar-refractivity contribution is 7.81. The van der Waals surface area contributed by atoms with E-state index in [1.165, 1.54) is 0 Å². The third-order valence-electron chi connectivity index (χ3n) is 8.53. The molecule has 2 saturated heterocycles. The Balaban J connectivity index is 1.12. The van der Waals surface area contributed by atoms with Gasteiger partial charge in [0.05, 0.1) is 24.9 Å². The fraction of sp³-hybridized carbons (Fsp3) is 0.400. The highest BCUT2D eigenvalue weighted by Gasteiger charge is 2.60. The zero-order valence-corrected chi connectivity index (χ0v) is 24.7. The molecule has 224 valence electrons. The minimum Gasteiger partial charge on any atom is -0.488 e. The molecule has 2 aliphatic heterocycles. The molecule has 1 saturated carbocycles. The van der Waals surface area contributed by atoms with Gasteiger partial charge < -0.3 is 24.7 Å². The largest absolute Gasteiger partial charge is 0.488 e. The number of nitrogens with one attached hydrogen (secondary N) is 2. The second-order valence-electron chi connectivity index (χ2n) is 11.4. The number of carbonyl (C=O) groups is 1. The predicted octanol–water partition coefficient (Wildman–Crippen LogP) is 3.53. The number of ether oxygens (including phenoxy) is 2. The molecule has 4 aromatic heterocycles. The number of aryl methyl sites for hydroxylation is 1. The second kappa shape index (κ2) is 11.0. The lowest BCUT2D eigenvalue weighted by atomic mass is 9.91. The van der Waals surface area contributed by atoms with Gasteiger partial charge in [0, 0.05) is 67.3 Å². The Morgan fingerprint density at radius 3 is 2.63 bits per heavy atom. The van der Waals surface area contributed by atoms with Gasteiger partial charge >= 0.3 is 0 Å². The minimum absolute atomic E-state index is 0.0403. The molecular formula is C30H33N7O5S. The van der Waals surface area contributed by atoms with E-state index in [-0.39, 0.29) is 24.1 Å². The van der Waals surface area contributed by atoms with Crippen LogP contribution < -0.4 is 15.4 Å². The smallest absolute Gasteiger partial charge is 0.251 e. The van der Waals surface area contributed by atoms with Gasteiger partial charge in [0.25, 0.3) is 5.91 Å². The van der Waals surface area contributed by atoms with E-state index in [9.17, 15) is 13.6 Å². The summed E-state index contributed by atoms with van der Waals surface area (Å²) < 4.78 is 36.6. The van der Waals surface area contributed by atoms with Gasteiger partial charge in [0.15, 0.2) is 16.9 Å². The Bertz CT molecular complexity index is 1710. The number of piperidine rings is 1. The van der Waals surface area contributed by atoms with Gasteiger partial charge in [0.1, 0.15) is 22.5 Å². The average molecular weight is 604 g/mol. The van der Waals surface area contributed by atoms with Crippen molar-refractivity contribution >= 4 is 34.1 Å². The van der Waals surface area contributed by atoms with Gasteiger partial charge in [-0.2, -0.15) is 5.10 Å². The molecule has 43 heavy (non-hydrogen) atoms. The van der Waals surface area contributed by atoms with Crippen LogP contribution in [0.3, 0.4) is 0 Å². The van der Waals surface area contributed by atoms with Crippen molar-refractivity contribution in [2.75, 3.05) is 25.6 Å². The molecule has 13 heteroatoms. The van der Waals surface area contributed by atoms with Crippen molar-refractivity contribution in [3.8, 4) is 16.9 Å². The summed E-state index contributed by atoms with van der Waals surface area (Å²) >= 11 is -1.89. The van der Waals surface area contributed by atoms with Crippen molar-refractivity contribution < 1.29 is 23.0 Å². The summed E-state index contributed by atoms with van der Waals surface area (Å²) in [5, 5.41) is 10.4. The topological polar surface area (TPSA) is 143 Å². The first-order chi connectivity index (χ1) is 20.8. The van der Waals surface area contributed by atoms with Crippen LogP contribution in [0.25, 0.3) is 16.6 Å². The number of hydrogen-bond acceptors (Lipinski definition) is 9. The number of rotatable bonds is 8. The quantitative estimate of drug-likeness (QED) is 0.256. The number of aromatic nitrogens is 4. The number of hydrogen-bond donors (Lipinski definition) is 3. The van der Waals surface area contributed by atoms with E-state index in [2.05, 4.69) is 30.6 Å². The maximum absolute atomic E-state index is 12.2.